The Kier molecular flexibility index (Phi) is 3.22. The first-order valence-corrected chi connectivity index (χ1v) is 5.38. The summed E-state index contributed by atoms with van der Waals surface area (Å²) in [5.74, 6) is -1.23. The first-order chi connectivity index (χ1) is 7.93. The molecule has 2 fully saturated rings. The zero-order valence-electron chi connectivity index (χ0n) is 9.95. The van der Waals surface area contributed by atoms with Crippen LogP contribution in [0.15, 0.2) is 12.2 Å². The predicted molar refractivity (Wildman–Crippen MR) is 55.9 cm³/mol. The lowest BCUT2D eigenvalue weighted by molar-refractivity contribution is -0.214. The zero-order valence-corrected chi connectivity index (χ0v) is 9.95. The van der Waals surface area contributed by atoms with Crippen molar-refractivity contribution in [3.8, 4) is 0 Å². The first kappa shape index (κ1) is 12.5. The minimum atomic E-state index is -1.05. The van der Waals surface area contributed by atoms with E-state index in [2.05, 4.69) is 4.74 Å². The van der Waals surface area contributed by atoms with Crippen LogP contribution < -0.4 is 0 Å². The van der Waals surface area contributed by atoms with Gasteiger partial charge >= 0.3 is 5.97 Å². The number of rotatable bonds is 2. The quantitative estimate of drug-likeness (QED) is 0.542. The summed E-state index contributed by atoms with van der Waals surface area (Å²) < 4.78 is 20.8. The molecule has 2 aliphatic rings. The van der Waals surface area contributed by atoms with Crippen LogP contribution in [-0.2, 0) is 23.7 Å². The minimum Gasteiger partial charge on any atom is -0.466 e. The Balaban J connectivity index is 2.06. The van der Waals surface area contributed by atoms with Gasteiger partial charge in [0, 0.05) is 6.08 Å². The van der Waals surface area contributed by atoms with Crippen LogP contribution in [0.5, 0.6) is 0 Å². The zero-order chi connectivity index (χ0) is 12.6. The fraction of sp³-hybridized carbons (Fsp3) is 0.727. The fourth-order valence-corrected chi connectivity index (χ4v) is 2.00. The third-order valence-electron chi connectivity index (χ3n) is 2.69. The second-order valence-corrected chi connectivity index (χ2v) is 4.44. The molecular weight excluding hydrogens is 228 g/mol. The van der Waals surface area contributed by atoms with Crippen molar-refractivity contribution in [2.45, 2.75) is 44.2 Å². The molecule has 2 saturated heterocycles. The molecular formula is C11H16O6. The SMILES string of the molecule is COC(=O)/C=C/[C@@H]1OC(O)[C@@H]2OC(C)(C)O[C@H]12. The van der Waals surface area contributed by atoms with E-state index in [1.807, 2.05) is 0 Å². The van der Waals surface area contributed by atoms with Crippen molar-refractivity contribution in [3.05, 3.63) is 12.2 Å². The molecule has 0 aromatic carbocycles. The molecule has 0 amide bonds. The van der Waals surface area contributed by atoms with E-state index in [-0.39, 0.29) is 0 Å². The molecule has 6 heteroatoms. The molecule has 17 heavy (non-hydrogen) atoms. The van der Waals surface area contributed by atoms with E-state index < -0.39 is 36.4 Å². The summed E-state index contributed by atoms with van der Waals surface area (Å²) in [6.45, 7) is 3.53. The van der Waals surface area contributed by atoms with Crippen LogP contribution in [0.4, 0.5) is 0 Å². The molecule has 0 aromatic heterocycles. The van der Waals surface area contributed by atoms with Gasteiger partial charge in [-0.3, -0.25) is 0 Å². The minimum absolute atomic E-state index is 0.416. The number of ether oxygens (including phenoxy) is 4. The molecule has 0 radical (unpaired) electrons. The second kappa shape index (κ2) is 4.38. The second-order valence-electron chi connectivity index (χ2n) is 4.44. The molecule has 6 nitrogen and oxygen atoms in total. The van der Waals surface area contributed by atoms with Crippen molar-refractivity contribution in [2.75, 3.05) is 7.11 Å². The van der Waals surface area contributed by atoms with Crippen molar-refractivity contribution in [2.24, 2.45) is 0 Å². The smallest absolute Gasteiger partial charge is 0.330 e. The number of carbonyl (C=O) groups excluding carboxylic acids is 1. The Morgan fingerprint density at radius 3 is 2.65 bits per heavy atom. The normalized spacial score (nSPS) is 39.5. The average Bonchev–Trinajstić information content (AvgIpc) is 2.71. The summed E-state index contributed by atoms with van der Waals surface area (Å²) in [4.78, 5) is 11.0. The maximum Gasteiger partial charge on any atom is 0.330 e. The van der Waals surface area contributed by atoms with E-state index >= 15 is 0 Å². The Bertz CT molecular complexity index is 337. The number of aliphatic hydroxyl groups excluding tert-OH is 1. The largest absolute Gasteiger partial charge is 0.466 e. The fourth-order valence-electron chi connectivity index (χ4n) is 2.00. The van der Waals surface area contributed by atoms with Crippen LogP contribution in [0.25, 0.3) is 0 Å². The van der Waals surface area contributed by atoms with E-state index in [9.17, 15) is 9.90 Å². The van der Waals surface area contributed by atoms with Crippen LogP contribution in [0.2, 0.25) is 0 Å². The van der Waals surface area contributed by atoms with Crippen LogP contribution in [0.3, 0.4) is 0 Å². The Morgan fingerprint density at radius 2 is 2.00 bits per heavy atom. The molecule has 4 atom stereocenters. The third kappa shape index (κ3) is 2.50. The van der Waals surface area contributed by atoms with Gasteiger partial charge in [0.1, 0.15) is 18.3 Å². The number of fused-ring (bicyclic) bond motifs is 1. The lowest BCUT2D eigenvalue weighted by Crippen LogP contribution is -2.29. The van der Waals surface area contributed by atoms with Crippen LogP contribution >= 0.6 is 0 Å². The molecule has 2 rings (SSSR count). The lowest BCUT2D eigenvalue weighted by Gasteiger charge is -2.21. The van der Waals surface area contributed by atoms with Gasteiger partial charge in [0.15, 0.2) is 12.1 Å². The molecule has 96 valence electrons. The highest BCUT2D eigenvalue weighted by Crippen LogP contribution is 2.38. The Hall–Kier alpha value is -0.950. The van der Waals surface area contributed by atoms with Gasteiger partial charge in [-0.2, -0.15) is 0 Å². The van der Waals surface area contributed by atoms with Gasteiger partial charge in [-0.05, 0) is 19.9 Å². The highest BCUT2D eigenvalue weighted by atomic mass is 16.8. The highest BCUT2D eigenvalue weighted by molar-refractivity contribution is 5.81. The molecule has 1 N–H and O–H groups in total. The van der Waals surface area contributed by atoms with Gasteiger partial charge in [-0.15, -0.1) is 0 Å². The van der Waals surface area contributed by atoms with Gasteiger partial charge in [-0.1, -0.05) is 0 Å². The van der Waals surface area contributed by atoms with Crippen LogP contribution in [-0.4, -0.2) is 48.6 Å². The maximum absolute atomic E-state index is 11.0. The molecule has 0 aliphatic carbocycles. The van der Waals surface area contributed by atoms with E-state index in [1.54, 1.807) is 13.8 Å². The van der Waals surface area contributed by atoms with Gasteiger partial charge in [0.2, 0.25) is 0 Å². The van der Waals surface area contributed by atoms with Crippen molar-refractivity contribution in [3.63, 3.8) is 0 Å². The Morgan fingerprint density at radius 1 is 1.35 bits per heavy atom. The Labute approximate surface area is 99.1 Å². The van der Waals surface area contributed by atoms with E-state index in [4.69, 9.17) is 14.2 Å². The average molecular weight is 244 g/mol. The molecule has 0 spiro atoms. The lowest BCUT2D eigenvalue weighted by atomic mass is 10.1. The maximum atomic E-state index is 11.0. The molecule has 2 aliphatic heterocycles. The number of carbonyl (C=O) groups is 1. The van der Waals surface area contributed by atoms with Crippen LogP contribution in [0, 0.1) is 0 Å². The molecule has 0 bridgehead atoms. The summed E-state index contributed by atoms with van der Waals surface area (Å²) in [6, 6.07) is 0. The van der Waals surface area contributed by atoms with E-state index in [1.165, 1.54) is 19.3 Å². The monoisotopic (exact) mass is 244 g/mol. The molecule has 0 saturated carbocycles. The van der Waals surface area contributed by atoms with Gasteiger partial charge in [0.05, 0.1) is 7.11 Å². The van der Waals surface area contributed by atoms with Crippen molar-refractivity contribution in [1.29, 1.82) is 0 Å². The molecule has 0 aromatic rings. The molecule has 1 unspecified atom stereocenters. The predicted octanol–water partition coefficient (Wildman–Crippen LogP) is -0.0471. The number of aliphatic hydroxyl groups is 1. The number of hydrogen-bond donors (Lipinski definition) is 1. The molecule has 2 heterocycles. The van der Waals surface area contributed by atoms with E-state index in [0.29, 0.717) is 0 Å². The van der Waals surface area contributed by atoms with Gasteiger partial charge in [-0.25, -0.2) is 4.79 Å². The van der Waals surface area contributed by atoms with E-state index in [0.717, 1.165) is 0 Å². The van der Waals surface area contributed by atoms with Crippen molar-refractivity contribution >= 4 is 5.97 Å². The highest BCUT2D eigenvalue weighted by Gasteiger charge is 2.54. The standard InChI is InChI=1S/C11H16O6/c1-11(2)16-8-6(4-5-7(12)14-3)15-10(13)9(8)17-11/h4-6,8-10,13H,1-3H3/b5-4+/t6-,8+,9+,10?/m0/s1. The number of esters is 1. The number of hydrogen-bond acceptors (Lipinski definition) is 6. The number of methoxy groups -OCH3 is 1. The summed E-state index contributed by atoms with van der Waals surface area (Å²) in [6.07, 6.45) is 0.238. The van der Waals surface area contributed by atoms with Crippen molar-refractivity contribution < 1.29 is 28.8 Å². The van der Waals surface area contributed by atoms with Gasteiger partial charge in [0.25, 0.3) is 0 Å². The van der Waals surface area contributed by atoms with Crippen molar-refractivity contribution in [1.82, 2.24) is 0 Å². The summed E-state index contributed by atoms with van der Waals surface area (Å²) in [7, 11) is 1.29. The topological polar surface area (TPSA) is 74.2 Å². The summed E-state index contributed by atoms with van der Waals surface area (Å²) in [5.41, 5.74) is 0. The summed E-state index contributed by atoms with van der Waals surface area (Å²) >= 11 is 0. The van der Waals surface area contributed by atoms with Gasteiger partial charge < -0.3 is 24.1 Å². The first-order valence-electron chi connectivity index (χ1n) is 5.38. The summed E-state index contributed by atoms with van der Waals surface area (Å²) in [5, 5.41) is 9.65. The third-order valence-corrected chi connectivity index (χ3v) is 2.69. The van der Waals surface area contributed by atoms with Crippen LogP contribution in [0.1, 0.15) is 13.8 Å².